The van der Waals surface area contributed by atoms with E-state index in [0.717, 1.165) is 33.9 Å². The molecule has 1 aliphatic rings. The molecule has 144 valence electrons. The van der Waals surface area contributed by atoms with Crippen LogP contribution in [0.2, 0.25) is 0 Å². The third-order valence-electron chi connectivity index (χ3n) is 4.75. The number of fused-ring (bicyclic) bond motifs is 1. The molecule has 0 saturated heterocycles. The van der Waals surface area contributed by atoms with Crippen molar-refractivity contribution in [1.82, 2.24) is 5.32 Å². The maximum absolute atomic E-state index is 12.7. The molecule has 0 radical (unpaired) electrons. The van der Waals surface area contributed by atoms with E-state index in [1.54, 1.807) is 7.11 Å². The number of hydrogen-bond donors (Lipinski definition) is 1. The van der Waals surface area contributed by atoms with Crippen LogP contribution >= 0.6 is 0 Å². The van der Waals surface area contributed by atoms with Gasteiger partial charge in [-0.15, -0.1) is 0 Å². The van der Waals surface area contributed by atoms with Gasteiger partial charge in [-0.3, -0.25) is 4.79 Å². The summed E-state index contributed by atoms with van der Waals surface area (Å²) in [6.07, 6.45) is 0.310. The Labute approximate surface area is 160 Å². The van der Waals surface area contributed by atoms with Gasteiger partial charge in [0, 0.05) is 0 Å². The Morgan fingerprint density at radius 2 is 1.85 bits per heavy atom. The zero-order valence-corrected chi connectivity index (χ0v) is 16.4. The molecule has 0 aromatic heterocycles. The van der Waals surface area contributed by atoms with Crippen LogP contribution in [0.1, 0.15) is 36.6 Å². The molecule has 2 aromatic carbocycles. The van der Waals surface area contributed by atoms with Gasteiger partial charge in [0.25, 0.3) is 0 Å². The quantitative estimate of drug-likeness (QED) is 0.841. The Bertz CT molecular complexity index is 816. The standard InChI is InChI=1S/C22H27NO4/c1-14(2)22(17-7-8-18-20(13-17)27-10-9-26-18)23-21(24)12-16-6-5-15(3)19(11-16)25-4/h5-8,11,13-14,22H,9-10,12H2,1-4H3,(H,23,24). The van der Waals surface area contributed by atoms with Crippen molar-refractivity contribution in [3.05, 3.63) is 53.1 Å². The van der Waals surface area contributed by atoms with Crippen molar-refractivity contribution >= 4 is 5.91 Å². The van der Waals surface area contributed by atoms with E-state index < -0.39 is 0 Å². The third-order valence-corrected chi connectivity index (χ3v) is 4.75. The lowest BCUT2D eigenvalue weighted by Crippen LogP contribution is -2.33. The van der Waals surface area contributed by atoms with Crippen LogP contribution in [-0.4, -0.2) is 26.2 Å². The minimum Gasteiger partial charge on any atom is -0.496 e. The van der Waals surface area contributed by atoms with E-state index in [-0.39, 0.29) is 17.9 Å². The van der Waals surface area contributed by atoms with Gasteiger partial charge < -0.3 is 19.5 Å². The van der Waals surface area contributed by atoms with E-state index in [9.17, 15) is 4.79 Å². The Morgan fingerprint density at radius 1 is 1.11 bits per heavy atom. The Hall–Kier alpha value is -2.69. The van der Waals surface area contributed by atoms with E-state index in [0.29, 0.717) is 19.6 Å². The summed E-state index contributed by atoms with van der Waals surface area (Å²) in [6.45, 7) is 7.29. The fourth-order valence-electron chi connectivity index (χ4n) is 3.27. The maximum Gasteiger partial charge on any atom is 0.224 e. The number of aryl methyl sites for hydroxylation is 1. The molecular weight excluding hydrogens is 342 g/mol. The summed E-state index contributed by atoms with van der Waals surface area (Å²) in [5.74, 6) is 2.51. The molecule has 2 aromatic rings. The molecule has 1 amide bonds. The first-order valence-electron chi connectivity index (χ1n) is 9.30. The number of hydrogen-bond acceptors (Lipinski definition) is 4. The van der Waals surface area contributed by atoms with E-state index in [4.69, 9.17) is 14.2 Å². The first kappa shape index (κ1) is 19.1. The molecule has 0 saturated carbocycles. The van der Waals surface area contributed by atoms with Gasteiger partial charge in [-0.05, 0) is 47.7 Å². The fourth-order valence-corrected chi connectivity index (χ4v) is 3.27. The molecule has 1 heterocycles. The van der Waals surface area contributed by atoms with Crippen LogP contribution < -0.4 is 19.5 Å². The first-order chi connectivity index (χ1) is 13.0. The molecular formula is C22H27NO4. The second-order valence-corrected chi connectivity index (χ2v) is 7.17. The van der Waals surface area contributed by atoms with Crippen LogP contribution in [0.4, 0.5) is 0 Å². The zero-order chi connectivity index (χ0) is 19.4. The average Bonchev–Trinajstić information content (AvgIpc) is 2.67. The molecule has 0 fully saturated rings. The molecule has 1 atom stereocenters. The number of carbonyl (C=O) groups is 1. The lowest BCUT2D eigenvalue weighted by Gasteiger charge is -2.25. The summed E-state index contributed by atoms with van der Waals surface area (Å²) in [7, 11) is 1.64. The van der Waals surface area contributed by atoms with Crippen molar-refractivity contribution < 1.29 is 19.0 Å². The highest BCUT2D eigenvalue weighted by Gasteiger charge is 2.21. The van der Waals surface area contributed by atoms with Crippen molar-refractivity contribution in [3.63, 3.8) is 0 Å². The normalized spacial score (nSPS) is 14.0. The van der Waals surface area contributed by atoms with Gasteiger partial charge in [-0.1, -0.05) is 32.0 Å². The summed E-state index contributed by atoms with van der Waals surface area (Å²) < 4.78 is 16.6. The van der Waals surface area contributed by atoms with E-state index in [1.165, 1.54) is 0 Å². The Kier molecular flexibility index (Phi) is 5.89. The summed E-state index contributed by atoms with van der Waals surface area (Å²) in [4.78, 5) is 12.7. The van der Waals surface area contributed by atoms with Crippen molar-refractivity contribution in [2.45, 2.75) is 33.2 Å². The van der Waals surface area contributed by atoms with Gasteiger partial charge in [0.1, 0.15) is 19.0 Å². The second-order valence-electron chi connectivity index (χ2n) is 7.17. The highest BCUT2D eigenvalue weighted by atomic mass is 16.6. The molecule has 5 nitrogen and oxygen atoms in total. The highest BCUT2D eigenvalue weighted by molar-refractivity contribution is 5.79. The maximum atomic E-state index is 12.7. The van der Waals surface area contributed by atoms with E-state index >= 15 is 0 Å². The van der Waals surface area contributed by atoms with Gasteiger partial charge in [0.2, 0.25) is 5.91 Å². The molecule has 27 heavy (non-hydrogen) atoms. The number of carbonyl (C=O) groups excluding carboxylic acids is 1. The molecule has 1 N–H and O–H groups in total. The molecule has 0 aliphatic carbocycles. The molecule has 5 heteroatoms. The van der Waals surface area contributed by atoms with Crippen LogP contribution in [0.5, 0.6) is 17.2 Å². The summed E-state index contributed by atoms with van der Waals surface area (Å²) in [6, 6.07) is 11.6. The SMILES string of the molecule is COc1cc(CC(=O)NC(c2ccc3c(c2)OCCO3)C(C)C)ccc1C. The van der Waals surface area contributed by atoms with Gasteiger partial charge in [0.05, 0.1) is 19.6 Å². The molecule has 1 unspecified atom stereocenters. The number of rotatable bonds is 6. The Morgan fingerprint density at radius 3 is 2.56 bits per heavy atom. The number of methoxy groups -OCH3 is 1. The van der Waals surface area contributed by atoms with Crippen molar-refractivity contribution in [1.29, 1.82) is 0 Å². The second kappa shape index (κ2) is 8.33. The van der Waals surface area contributed by atoms with E-state index in [2.05, 4.69) is 19.2 Å². The van der Waals surface area contributed by atoms with Crippen LogP contribution in [0.3, 0.4) is 0 Å². The summed E-state index contributed by atoms with van der Waals surface area (Å²) >= 11 is 0. The predicted octanol–water partition coefficient (Wildman–Crippen LogP) is 3.83. The summed E-state index contributed by atoms with van der Waals surface area (Å²) in [5.41, 5.74) is 3.00. The van der Waals surface area contributed by atoms with Gasteiger partial charge in [0.15, 0.2) is 11.5 Å². The van der Waals surface area contributed by atoms with Gasteiger partial charge in [-0.2, -0.15) is 0 Å². The fraction of sp³-hybridized carbons (Fsp3) is 0.409. The van der Waals surface area contributed by atoms with E-state index in [1.807, 2.05) is 43.3 Å². The van der Waals surface area contributed by atoms with Crippen LogP contribution in [-0.2, 0) is 11.2 Å². The van der Waals surface area contributed by atoms with Crippen molar-refractivity contribution in [3.8, 4) is 17.2 Å². The summed E-state index contributed by atoms with van der Waals surface area (Å²) in [5, 5.41) is 3.16. The average molecular weight is 369 g/mol. The molecule has 3 rings (SSSR count). The van der Waals surface area contributed by atoms with Crippen LogP contribution in [0, 0.1) is 12.8 Å². The zero-order valence-electron chi connectivity index (χ0n) is 16.4. The molecule has 0 spiro atoms. The van der Waals surface area contributed by atoms with Crippen LogP contribution in [0.25, 0.3) is 0 Å². The van der Waals surface area contributed by atoms with Crippen molar-refractivity contribution in [2.24, 2.45) is 5.92 Å². The van der Waals surface area contributed by atoms with Crippen molar-refractivity contribution in [2.75, 3.05) is 20.3 Å². The predicted molar refractivity (Wildman–Crippen MR) is 105 cm³/mol. The number of ether oxygens (including phenoxy) is 3. The first-order valence-corrected chi connectivity index (χ1v) is 9.30. The molecule has 1 aliphatic heterocycles. The lowest BCUT2D eigenvalue weighted by atomic mass is 9.95. The monoisotopic (exact) mass is 369 g/mol. The lowest BCUT2D eigenvalue weighted by molar-refractivity contribution is -0.121. The largest absolute Gasteiger partial charge is 0.496 e. The number of benzene rings is 2. The molecule has 0 bridgehead atoms. The van der Waals surface area contributed by atoms with Crippen LogP contribution in [0.15, 0.2) is 36.4 Å². The minimum absolute atomic E-state index is 0.0190. The third kappa shape index (κ3) is 4.54. The van der Waals surface area contributed by atoms with Gasteiger partial charge in [-0.25, -0.2) is 0 Å². The number of amides is 1. The van der Waals surface area contributed by atoms with Gasteiger partial charge >= 0.3 is 0 Å². The topological polar surface area (TPSA) is 56.8 Å². The smallest absolute Gasteiger partial charge is 0.224 e. The highest BCUT2D eigenvalue weighted by Crippen LogP contribution is 2.34. The number of nitrogens with one attached hydrogen (secondary N) is 1. The minimum atomic E-state index is -0.0966. The Balaban J connectivity index is 1.73.